The number of hydrogen-bond acceptors (Lipinski definition) is 2. The van der Waals surface area contributed by atoms with Crippen molar-refractivity contribution in [2.45, 2.75) is 25.7 Å². The normalized spacial score (nSPS) is 11.4. The molecule has 2 aromatic carbocycles. The van der Waals surface area contributed by atoms with Crippen LogP contribution in [0.25, 0.3) is 24.3 Å². The SMILES string of the molecule is CN(CCCCCCN(C)c1ccc(/C=C/c2cc[n+](C)cc2)cc1)c1ccc(/C=C/c2cc[n+](C)cc2)cc1. The molecule has 2 aromatic heterocycles. The molecule has 0 N–H and O–H groups in total. The van der Waals surface area contributed by atoms with Gasteiger partial charge in [-0.25, -0.2) is 9.13 Å². The maximum absolute atomic E-state index is 2.37. The zero-order chi connectivity index (χ0) is 28.2. The fourth-order valence-corrected chi connectivity index (χ4v) is 4.62. The average Bonchev–Trinajstić information content (AvgIpc) is 2.98. The maximum Gasteiger partial charge on any atom is 0.169 e. The van der Waals surface area contributed by atoms with Crippen molar-refractivity contribution in [2.75, 3.05) is 37.0 Å². The number of aromatic nitrogens is 2. The summed E-state index contributed by atoms with van der Waals surface area (Å²) in [6.07, 6.45) is 21.9. The van der Waals surface area contributed by atoms with Gasteiger partial charge in [0.2, 0.25) is 0 Å². The van der Waals surface area contributed by atoms with Gasteiger partial charge in [0.25, 0.3) is 0 Å². The minimum absolute atomic E-state index is 1.09. The Hall–Kier alpha value is -4.18. The lowest BCUT2D eigenvalue weighted by molar-refractivity contribution is -0.671. The summed E-state index contributed by atoms with van der Waals surface area (Å²) in [4.78, 5) is 4.73. The third-order valence-corrected chi connectivity index (χ3v) is 7.35. The first-order chi connectivity index (χ1) is 19.5. The van der Waals surface area contributed by atoms with E-state index in [4.69, 9.17) is 0 Å². The largest absolute Gasteiger partial charge is 0.375 e. The van der Waals surface area contributed by atoms with Crippen molar-refractivity contribution >= 4 is 35.7 Å². The number of anilines is 2. The highest BCUT2D eigenvalue weighted by molar-refractivity contribution is 5.71. The van der Waals surface area contributed by atoms with Crippen LogP contribution in [-0.4, -0.2) is 27.2 Å². The monoisotopic (exact) mass is 532 g/mol. The molecule has 0 atom stereocenters. The molecule has 40 heavy (non-hydrogen) atoms. The van der Waals surface area contributed by atoms with Crippen molar-refractivity contribution in [1.29, 1.82) is 0 Å². The van der Waals surface area contributed by atoms with Crippen molar-refractivity contribution in [2.24, 2.45) is 14.1 Å². The van der Waals surface area contributed by atoms with Crippen molar-refractivity contribution in [1.82, 2.24) is 0 Å². The first-order valence-corrected chi connectivity index (χ1v) is 14.4. The summed E-state index contributed by atoms with van der Waals surface area (Å²) in [7, 11) is 8.46. The lowest BCUT2D eigenvalue weighted by atomic mass is 10.1. The van der Waals surface area contributed by atoms with Crippen molar-refractivity contribution in [3.05, 3.63) is 120 Å². The van der Waals surface area contributed by atoms with Crippen LogP contribution < -0.4 is 18.9 Å². The zero-order valence-corrected chi connectivity index (χ0v) is 24.6. The first kappa shape index (κ1) is 28.8. The van der Waals surface area contributed by atoms with Gasteiger partial charge in [-0.15, -0.1) is 0 Å². The van der Waals surface area contributed by atoms with Crippen molar-refractivity contribution < 1.29 is 9.13 Å². The van der Waals surface area contributed by atoms with E-state index >= 15 is 0 Å². The van der Waals surface area contributed by atoms with Gasteiger partial charge >= 0.3 is 0 Å². The Kier molecular flexibility index (Phi) is 10.7. The molecule has 0 saturated heterocycles. The van der Waals surface area contributed by atoms with E-state index in [0.29, 0.717) is 0 Å². The molecule has 0 amide bonds. The van der Waals surface area contributed by atoms with E-state index < -0.39 is 0 Å². The van der Waals surface area contributed by atoms with Gasteiger partial charge in [0.15, 0.2) is 24.8 Å². The van der Waals surface area contributed by atoms with Crippen molar-refractivity contribution in [3.8, 4) is 0 Å². The summed E-state index contributed by atoms with van der Waals surface area (Å²) in [6.45, 7) is 2.17. The summed E-state index contributed by atoms with van der Waals surface area (Å²) in [5.41, 5.74) is 7.43. The Morgan fingerprint density at radius 1 is 0.450 bits per heavy atom. The summed E-state index contributed by atoms with van der Waals surface area (Å²) in [6, 6.07) is 26.2. The molecule has 0 saturated carbocycles. The molecule has 4 heteroatoms. The second kappa shape index (κ2) is 14.8. The van der Waals surface area contributed by atoms with E-state index in [-0.39, 0.29) is 0 Å². The van der Waals surface area contributed by atoms with Gasteiger partial charge in [-0.1, -0.05) is 61.4 Å². The molecule has 0 aliphatic heterocycles. The topological polar surface area (TPSA) is 14.2 Å². The van der Waals surface area contributed by atoms with Crippen molar-refractivity contribution in [3.63, 3.8) is 0 Å². The lowest BCUT2D eigenvalue weighted by Crippen LogP contribution is -2.25. The van der Waals surface area contributed by atoms with Crippen LogP contribution in [0.3, 0.4) is 0 Å². The highest BCUT2D eigenvalue weighted by atomic mass is 15.1. The quantitative estimate of drug-likeness (QED) is 0.139. The summed E-state index contributed by atoms with van der Waals surface area (Å²) < 4.78 is 4.10. The minimum atomic E-state index is 1.09. The van der Waals surface area contributed by atoms with Crippen LogP contribution in [0.5, 0.6) is 0 Å². The van der Waals surface area contributed by atoms with E-state index in [1.807, 2.05) is 23.2 Å². The number of nitrogens with zero attached hydrogens (tertiary/aromatic N) is 4. The van der Waals surface area contributed by atoms with Gasteiger partial charge in [0.05, 0.1) is 0 Å². The molecule has 0 aliphatic rings. The van der Waals surface area contributed by atoms with Crippen LogP contribution in [0.1, 0.15) is 47.9 Å². The predicted molar refractivity (Wildman–Crippen MR) is 171 cm³/mol. The van der Waals surface area contributed by atoms with Crippen LogP contribution in [0.2, 0.25) is 0 Å². The molecule has 0 radical (unpaired) electrons. The number of benzene rings is 2. The predicted octanol–water partition coefficient (Wildman–Crippen LogP) is 6.81. The van der Waals surface area contributed by atoms with Gasteiger partial charge < -0.3 is 9.80 Å². The molecule has 4 aromatic rings. The molecular weight excluding hydrogens is 488 g/mol. The Morgan fingerprint density at radius 3 is 1.07 bits per heavy atom. The van der Waals surface area contributed by atoms with Gasteiger partial charge in [-0.3, -0.25) is 0 Å². The van der Waals surface area contributed by atoms with Crippen LogP contribution >= 0.6 is 0 Å². The third-order valence-electron chi connectivity index (χ3n) is 7.35. The first-order valence-electron chi connectivity index (χ1n) is 14.4. The smallest absolute Gasteiger partial charge is 0.169 e. The zero-order valence-electron chi connectivity index (χ0n) is 24.6. The van der Waals surface area contributed by atoms with Gasteiger partial charge in [-0.2, -0.15) is 0 Å². The number of aryl methyl sites for hydroxylation is 2. The van der Waals surface area contributed by atoms with E-state index in [1.165, 1.54) is 59.3 Å². The van der Waals surface area contributed by atoms with E-state index in [9.17, 15) is 0 Å². The molecule has 0 unspecified atom stereocenters. The van der Waals surface area contributed by atoms with E-state index in [2.05, 4.69) is 146 Å². The van der Waals surface area contributed by atoms with E-state index in [1.54, 1.807) is 0 Å². The Bertz CT molecular complexity index is 1240. The molecule has 0 bridgehead atoms. The van der Waals surface area contributed by atoms with Gasteiger partial charge in [0.1, 0.15) is 14.1 Å². The third kappa shape index (κ3) is 9.23. The number of hydrogen-bond donors (Lipinski definition) is 0. The highest BCUT2D eigenvalue weighted by Crippen LogP contribution is 2.18. The fourth-order valence-electron chi connectivity index (χ4n) is 4.62. The summed E-state index contributed by atoms with van der Waals surface area (Å²) in [5.74, 6) is 0. The standard InChI is InChI=1S/C36H44N4/c1-37-27-21-33(22-28-37)11-9-31-13-17-35(18-14-31)39(3)25-7-5-6-8-26-40(4)36-19-15-32(16-20-36)10-12-34-23-29-38(2)30-24-34/h9-24,27-30H,5-8,25-26H2,1-4H3/q+2. The molecule has 4 rings (SSSR count). The fraction of sp³-hybridized carbons (Fsp3) is 0.278. The Morgan fingerprint density at radius 2 is 0.750 bits per heavy atom. The van der Waals surface area contributed by atoms with Crippen LogP contribution in [0, 0.1) is 0 Å². The molecule has 0 spiro atoms. The second-order valence-electron chi connectivity index (χ2n) is 10.7. The average molecular weight is 533 g/mol. The van der Waals surface area contributed by atoms with Gasteiger partial charge in [-0.05, 0) is 59.4 Å². The Balaban J connectivity index is 1.12. The number of pyridine rings is 2. The minimum Gasteiger partial charge on any atom is -0.375 e. The van der Waals surface area contributed by atoms with E-state index in [0.717, 1.165) is 13.1 Å². The summed E-state index contributed by atoms with van der Waals surface area (Å²) in [5, 5.41) is 0. The van der Waals surface area contributed by atoms with Crippen LogP contribution in [0.4, 0.5) is 11.4 Å². The summed E-state index contributed by atoms with van der Waals surface area (Å²) >= 11 is 0. The molecule has 2 heterocycles. The molecular formula is C36H44N4+2. The molecule has 0 aliphatic carbocycles. The molecule has 4 nitrogen and oxygen atoms in total. The maximum atomic E-state index is 2.37. The van der Waals surface area contributed by atoms with Gasteiger partial charge in [0, 0.05) is 62.8 Å². The Labute approximate surface area is 241 Å². The number of rotatable bonds is 13. The molecule has 206 valence electrons. The number of unbranched alkanes of at least 4 members (excludes halogenated alkanes) is 3. The van der Waals surface area contributed by atoms with Crippen LogP contribution in [-0.2, 0) is 14.1 Å². The highest BCUT2D eigenvalue weighted by Gasteiger charge is 2.03. The lowest BCUT2D eigenvalue weighted by Gasteiger charge is -2.20. The molecule has 0 fully saturated rings. The second-order valence-corrected chi connectivity index (χ2v) is 10.7. The van der Waals surface area contributed by atoms with Crippen LogP contribution in [0.15, 0.2) is 97.6 Å².